The van der Waals surface area contributed by atoms with E-state index >= 15 is 0 Å². The van der Waals surface area contributed by atoms with Crippen LogP contribution < -0.4 is 0 Å². The average molecular weight is 209 g/mol. The lowest BCUT2D eigenvalue weighted by Crippen LogP contribution is -1.85. The fraction of sp³-hybridized carbons (Fsp3) is 0.500. The van der Waals surface area contributed by atoms with Gasteiger partial charge in [-0.15, -0.1) is 0 Å². The highest BCUT2D eigenvalue weighted by atomic mass is 35.5. The van der Waals surface area contributed by atoms with Crippen LogP contribution in [0.4, 0.5) is 0 Å². The molecule has 12 heavy (non-hydrogen) atoms. The Labute approximate surface area is 81.5 Å². The highest BCUT2D eigenvalue weighted by Gasteiger charge is 1.94. The number of hydrogen-bond donors (Lipinski definition) is 0. The molecule has 0 heterocycles. The van der Waals surface area contributed by atoms with Crippen LogP contribution in [0.25, 0.3) is 0 Å². The minimum absolute atomic E-state index is 0.313. The van der Waals surface area contributed by atoms with Crippen molar-refractivity contribution in [2.24, 2.45) is 0 Å². The number of carbonyl (C=O) groups is 2. The van der Waals surface area contributed by atoms with E-state index in [2.05, 4.69) is 0 Å². The van der Waals surface area contributed by atoms with Gasteiger partial charge in [0.15, 0.2) is 0 Å². The number of allylic oxidation sites excluding steroid dienone is 2. The Hall–Kier alpha value is -0.340. The van der Waals surface area contributed by atoms with Gasteiger partial charge in [-0.3, -0.25) is 9.59 Å². The second-order valence-electron chi connectivity index (χ2n) is 2.31. The van der Waals surface area contributed by atoms with Gasteiger partial charge >= 0.3 is 0 Å². The summed E-state index contributed by atoms with van der Waals surface area (Å²) in [6.07, 6.45) is 5.74. The lowest BCUT2D eigenvalue weighted by atomic mass is 10.2. The smallest absolute Gasteiger partial charge is 0.244 e. The average Bonchev–Trinajstić information content (AvgIpc) is 1.95. The first-order valence-electron chi connectivity index (χ1n) is 3.67. The number of rotatable bonds is 6. The van der Waals surface area contributed by atoms with Crippen LogP contribution in [0.5, 0.6) is 0 Å². The van der Waals surface area contributed by atoms with E-state index in [0.29, 0.717) is 6.42 Å². The Balaban J connectivity index is 3.21. The van der Waals surface area contributed by atoms with Gasteiger partial charge in [-0.05, 0) is 48.5 Å². The third-order valence-corrected chi connectivity index (χ3v) is 1.56. The molecule has 0 bridgehead atoms. The molecule has 0 saturated heterocycles. The van der Waals surface area contributed by atoms with Crippen LogP contribution >= 0.6 is 23.2 Å². The van der Waals surface area contributed by atoms with Crippen molar-refractivity contribution in [2.75, 3.05) is 0 Å². The lowest BCUT2D eigenvalue weighted by molar-refractivity contribution is -0.111. The Morgan fingerprint density at radius 1 is 1.17 bits per heavy atom. The Morgan fingerprint density at radius 2 is 1.83 bits per heavy atom. The maximum Gasteiger partial charge on any atom is 0.244 e. The highest BCUT2D eigenvalue weighted by Crippen LogP contribution is 2.03. The zero-order valence-corrected chi connectivity index (χ0v) is 8.07. The minimum Gasteiger partial charge on any atom is -0.281 e. The molecular weight excluding hydrogens is 199 g/mol. The van der Waals surface area contributed by atoms with E-state index in [1.165, 1.54) is 6.08 Å². The number of halogens is 2. The highest BCUT2D eigenvalue weighted by molar-refractivity contribution is 6.66. The van der Waals surface area contributed by atoms with Gasteiger partial charge in [0.05, 0.1) is 0 Å². The number of unbranched alkanes of at least 4 members (excludes halogenated alkanes) is 2. The molecule has 0 fully saturated rings. The fourth-order valence-electron chi connectivity index (χ4n) is 0.702. The standard InChI is InChI=1S/C8H10Cl2O2/c9-7(11)5-3-1-2-4-6-8(10)12/h3,5H,1-2,4,6H2. The van der Waals surface area contributed by atoms with Gasteiger partial charge in [0, 0.05) is 6.42 Å². The second-order valence-corrected chi connectivity index (χ2v) is 3.10. The zero-order chi connectivity index (χ0) is 9.40. The monoisotopic (exact) mass is 208 g/mol. The predicted molar refractivity (Wildman–Crippen MR) is 49.3 cm³/mol. The molecule has 0 unspecified atom stereocenters. The maximum atomic E-state index is 10.3. The van der Waals surface area contributed by atoms with Crippen molar-refractivity contribution in [2.45, 2.75) is 25.7 Å². The zero-order valence-electron chi connectivity index (χ0n) is 6.56. The van der Waals surface area contributed by atoms with Crippen molar-refractivity contribution >= 4 is 33.7 Å². The van der Waals surface area contributed by atoms with Crippen molar-refractivity contribution in [3.05, 3.63) is 12.2 Å². The van der Waals surface area contributed by atoms with Crippen molar-refractivity contribution in [3.8, 4) is 0 Å². The normalized spacial score (nSPS) is 10.5. The maximum absolute atomic E-state index is 10.3. The summed E-state index contributed by atoms with van der Waals surface area (Å²) in [5.74, 6) is 0. The Kier molecular flexibility index (Phi) is 7.11. The molecule has 0 saturated carbocycles. The molecule has 0 aliphatic rings. The summed E-state index contributed by atoms with van der Waals surface area (Å²) >= 11 is 10.1. The minimum atomic E-state index is -0.469. The van der Waals surface area contributed by atoms with Gasteiger partial charge in [-0.1, -0.05) is 6.08 Å². The molecule has 4 heteroatoms. The predicted octanol–water partition coefficient (Wildman–Crippen LogP) is 2.63. The SMILES string of the molecule is O=C(Cl)C=CCCCCC(=O)Cl. The molecule has 68 valence electrons. The topological polar surface area (TPSA) is 34.1 Å². The Morgan fingerprint density at radius 3 is 2.33 bits per heavy atom. The fourth-order valence-corrected chi connectivity index (χ4v) is 0.925. The van der Waals surface area contributed by atoms with Crippen LogP contribution in [0.3, 0.4) is 0 Å². The summed E-state index contributed by atoms with van der Waals surface area (Å²) < 4.78 is 0. The van der Waals surface area contributed by atoms with Crippen molar-refractivity contribution in [1.29, 1.82) is 0 Å². The summed E-state index contributed by atoms with van der Waals surface area (Å²) in [4.78, 5) is 20.4. The first-order valence-corrected chi connectivity index (χ1v) is 4.43. The second kappa shape index (κ2) is 7.32. The molecular formula is C8H10Cl2O2. The van der Waals surface area contributed by atoms with Gasteiger partial charge < -0.3 is 0 Å². The molecule has 0 radical (unpaired) electrons. The van der Waals surface area contributed by atoms with Crippen LogP contribution in [-0.4, -0.2) is 10.5 Å². The summed E-state index contributed by atoms with van der Waals surface area (Å²) in [5, 5.41) is -0.782. The third kappa shape index (κ3) is 9.66. The molecule has 0 aliphatic carbocycles. The first kappa shape index (κ1) is 11.7. The van der Waals surface area contributed by atoms with E-state index in [0.717, 1.165) is 19.3 Å². The molecule has 2 nitrogen and oxygen atoms in total. The van der Waals surface area contributed by atoms with E-state index in [1.54, 1.807) is 6.08 Å². The summed E-state index contributed by atoms with van der Waals surface area (Å²) in [5.41, 5.74) is 0. The van der Waals surface area contributed by atoms with Gasteiger partial charge in [-0.25, -0.2) is 0 Å². The van der Waals surface area contributed by atoms with Crippen LogP contribution in [0.1, 0.15) is 25.7 Å². The number of hydrogen-bond acceptors (Lipinski definition) is 2. The van der Waals surface area contributed by atoms with E-state index < -0.39 is 5.24 Å². The van der Waals surface area contributed by atoms with Crippen LogP contribution in [0, 0.1) is 0 Å². The van der Waals surface area contributed by atoms with Crippen molar-refractivity contribution in [1.82, 2.24) is 0 Å². The molecule has 0 rings (SSSR count). The van der Waals surface area contributed by atoms with E-state index in [-0.39, 0.29) is 5.24 Å². The summed E-state index contributed by atoms with van der Waals surface area (Å²) in [6, 6.07) is 0. The molecule has 0 spiro atoms. The van der Waals surface area contributed by atoms with E-state index in [9.17, 15) is 9.59 Å². The lowest BCUT2D eigenvalue weighted by Gasteiger charge is -1.91. The summed E-state index contributed by atoms with van der Waals surface area (Å²) in [6.45, 7) is 0. The molecule has 0 N–H and O–H groups in total. The van der Waals surface area contributed by atoms with Gasteiger partial charge in [-0.2, -0.15) is 0 Å². The van der Waals surface area contributed by atoms with Crippen LogP contribution in [-0.2, 0) is 9.59 Å². The number of carbonyl (C=O) groups excluding carboxylic acids is 2. The molecule has 0 aliphatic heterocycles. The van der Waals surface area contributed by atoms with Crippen molar-refractivity contribution < 1.29 is 9.59 Å². The first-order chi connectivity index (χ1) is 5.63. The summed E-state index contributed by atoms with van der Waals surface area (Å²) in [7, 11) is 0. The van der Waals surface area contributed by atoms with Gasteiger partial charge in [0.1, 0.15) is 0 Å². The van der Waals surface area contributed by atoms with Gasteiger partial charge in [0.25, 0.3) is 0 Å². The molecule has 0 amide bonds. The molecule has 0 aromatic heterocycles. The molecule has 0 aromatic rings. The quantitative estimate of drug-likeness (QED) is 0.382. The van der Waals surface area contributed by atoms with E-state index in [1.807, 2.05) is 0 Å². The van der Waals surface area contributed by atoms with E-state index in [4.69, 9.17) is 23.2 Å². The van der Waals surface area contributed by atoms with Crippen LogP contribution in [0.15, 0.2) is 12.2 Å². The van der Waals surface area contributed by atoms with Crippen LogP contribution in [0.2, 0.25) is 0 Å². The largest absolute Gasteiger partial charge is 0.281 e. The Bertz CT molecular complexity index is 187. The molecule has 0 aromatic carbocycles. The van der Waals surface area contributed by atoms with Crippen molar-refractivity contribution in [3.63, 3.8) is 0 Å². The van der Waals surface area contributed by atoms with Gasteiger partial charge in [0.2, 0.25) is 10.5 Å². The third-order valence-electron chi connectivity index (χ3n) is 1.24. The molecule has 0 atom stereocenters.